The lowest BCUT2D eigenvalue weighted by molar-refractivity contribution is -0.384. The van der Waals surface area contributed by atoms with E-state index < -0.39 is 10.5 Å². The molecule has 0 amide bonds. The fraction of sp³-hybridized carbons (Fsp3) is 0.154. The molecule has 0 bridgehead atoms. The predicted molar refractivity (Wildman–Crippen MR) is 67.1 cm³/mol. The Morgan fingerprint density at radius 3 is 2.53 bits per heavy atom. The van der Waals surface area contributed by atoms with Gasteiger partial charge in [0.05, 0.1) is 11.0 Å². The molecule has 0 aliphatic heterocycles. The van der Waals surface area contributed by atoms with E-state index in [-0.39, 0.29) is 12.3 Å². The Bertz CT molecular complexity index is 645. The Kier molecular flexibility index (Phi) is 3.61. The van der Waals surface area contributed by atoms with Crippen LogP contribution in [0.4, 0.5) is 5.69 Å². The quantitative estimate of drug-likeness (QED) is 0.623. The summed E-state index contributed by atoms with van der Waals surface area (Å²) in [6.45, 7) is 1.88. The first kappa shape index (κ1) is 12.8. The summed E-state index contributed by atoms with van der Waals surface area (Å²) in [6, 6.07) is 8.88. The van der Waals surface area contributed by atoms with Crippen molar-refractivity contribution in [3.63, 3.8) is 0 Å². The summed E-state index contributed by atoms with van der Waals surface area (Å²) in [5.41, 5.74) is 0.329. The number of aryl methyl sites for hydroxylation is 1. The van der Waals surface area contributed by atoms with Crippen molar-refractivity contribution in [3.8, 4) is 5.75 Å². The molecule has 0 N–H and O–H groups in total. The summed E-state index contributed by atoms with van der Waals surface area (Å²) in [7, 11) is 0. The van der Waals surface area contributed by atoms with Crippen molar-refractivity contribution in [3.05, 3.63) is 68.3 Å². The molecule has 1 heterocycles. The van der Waals surface area contributed by atoms with Crippen LogP contribution in [0.2, 0.25) is 0 Å². The van der Waals surface area contributed by atoms with Crippen LogP contribution in [0.15, 0.2) is 45.6 Å². The van der Waals surface area contributed by atoms with Gasteiger partial charge in [-0.15, -0.1) is 0 Å². The molecule has 19 heavy (non-hydrogen) atoms. The van der Waals surface area contributed by atoms with Gasteiger partial charge < -0.3 is 9.15 Å². The number of nitrogens with zero attached hydrogens (tertiary/aromatic N) is 1. The lowest BCUT2D eigenvalue weighted by Gasteiger charge is -2.05. The fourth-order valence-corrected chi connectivity index (χ4v) is 1.54. The number of ether oxygens (including phenoxy) is 1. The zero-order valence-corrected chi connectivity index (χ0v) is 10.2. The van der Waals surface area contributed by atoms with Crippen molar-refractivity contribution >= 4 is 5.69 Å². The number of rotatable bonds is 4. The van der Waals surface area contributed by atoms with Crippen LogP contribution in [0.5, 0.6) is 5.75 Å². The summed E-state index contributed by atoms with van der Waals surface area (Å²) in [6.07, 6.45) is 0. The Hall–Kier alpha value is -2.63. The first-order valence-corrected chi connectivity index (χ1v) is 5.52. The summed E-state index contributed by atoms with van der Waals surface area (Å²) < 4.78 is 10.2. The van der Waals surface area contributed by atoms with Crippen molar-refractivity contribution in [2.24, 2.45) is 0 Å². The monoisotopic (exact) mass is 261 g/mol. The van der Waals surface area contributed by atoms with Gasteiger partial charge in [0.2, 0.25) is 0 Å². The smallest absolute Gasteiger partial charge is 0.339 e. The van der Waals surface area contributed by atoms with Gasteiger partial charge in [0.1, 0.15) is 18.1 Å². The highest BCUT2D eigenvalue weighted by Crippen LogP contribution is 2.15. The number of hydrogen-bond acceptors (Lipinski definition) is 5. The Labute approximate surface area is 108 Å². The third-order valence-corrected chi connectivity index (χ3v) is 2.42. The molecular weight excluding hydrogens is 250 g/mol. The average molecular weight is 261 g/mol. The van der Waals surface area contributed by atoms with E-state index in [2.05, 4.69) is 0 Å². The van der Waals surface area contributed by atoms with Crippen molar-refractivity contribution < 1.29 is 14.1 Å². The number of benzene rings is 1. The normalized spacial score (nSPS) is 10.2. The van der Waals surface area contributed by atoms with E-state index in [9.17, 15) is 14.9 Å². The lowest BCUT2D eigenvalue weighted by atomic mass is 10.2. The zero-order valence-electron chi connectivity index (χ0n) is 10.2. The molecule has 6 nitrogen and oxygen atoms in total. The molecular formula is C13H11NO5. The highest BCUT2D eigenvalue weighted by Gasteiger charge is 2.05. The van der Waals surface area contributed by atoms with Gasteiger partial charge >= 0.3 is 5.63 Å². The van der Waals surface area contributed by atoms with Crippen LogP contribution in [0.1, 0.15) is 11.3 Å². The molecule has 0 fully saturated rings. The molecule has 2 rings (SSSR count). The molecule has 0 saturated carbocycles. The largest absolute Gasteiger partial charge is 0.489 e. The first-order valence-electron chi connectivity index (χ1n) is 5.52. The van der Waals surface area contributed by atoms with Gasteiger partial charge in [-0.25, -0.2) is 4.79 Å². The van der Waals surface area contributed by atoms with Gasteiger partial charge in [-0.05, 0) is 24.6 Å². The van der Waals surface area contributed by atoms with Gasteiger partial charge in [0, 0.05) is 18.2 Å². The molecule has 0 atom stereocenters. The van der Waals surface area contributed by atoms with Crippen LogP contribution in [0.3, 0.4) is 0 Å². The van der Waals surface area contributed by atoms with Crippen LogP contribution < -0.4 is 10.4 Å². The molecule has 0 spiro atoms. The minimum Gasteiger partial charge on any atom is -0.489 e. The molecule has 0 radical (unpaired) electrons. The van der Waals surface area contributed by atoms with Gasteiger partial charge in [-0.1, -0.05) is 0 Å². The highest BCUT2D eigenvalue weighted by molar-refractivity contribution is 5.33. The van der Waals surface area contributed by atoms with E-state index in [1.807, 2.05) is 0 Å². The third-order valence-electron chi connectivity index (χ3n) is 2.42. The van der Waals surface area contributed by atoms with E-state index in [0.717, 1.165) is 5.56 Å². The van der Waals surface area contributed by atoms with E-state index in [1.54, 1.807) is 25.1 Å². The highest BCUT2D eigenvalue weighted by atomic mass is 16.6. The standard InChI is InChI=1S/C13H11NO5/c1-9-6-12(7-13(15)19-9)18-8-10-2-4-11(5-3-10)14(16)17/h2-7H,8H2,1H3. The number of nitro benzene ring substituents is 1. The maximum Gasteiger partial charge on any atom is 0.339 e. The van der Waals surface area contributed by atoms with Gasteiger partial charge in [0.25, 0.3) is 5.69 Å². The average Bonchev–Trinajstić information content (AvgIpc) is 2.36. The van der Waals surface area contributed by atoms with Crippen LogP contribution in [-0.2, 0) is 6.61 Å². The van der Waals surface area contributed by atoms with Crippen LogP contribution in [0.25, 0.3) is 0 Å². The second-order valence-electron chi connectivity index (χ2n) is 3.94. The molecule has 1 aromatic carbocycles. The summed E-state index contributed by atoms with van der Waals surface area (Å²) in [5.74, 6) is 0.873. The van der Waals surface area contributed by atoms with E-state index >= 15 is 0 Å². The molecule has 0 unspecified atom stereocenters. The van der Waals surface area contributed by atoms with Crippen LogP contribution in [0, 0.1) is 17.0 Å². The SMILES string of the molecule is Cc1cc(OCc2ccc([N+](=O)[O-])cc2)cc(=O)o1. The second-order valence-corrected chi connectivity index (χ2v) is 3.94. The van der Waals surface area contributed by atoms with Gasteiger partial charge in [0.15, 0.2) is 0 Å². The van der Waals surface area contributed by atoms with E-state index in [1.165, 1.54) is 18.2 Å². The number of non-ortho nitro benzene ring substituents is 1. The Morgan fingerprint density at radius 1 is 1.26 bits per heavy atom. The van der Waals surface area contributed by atoms with Crippen molar-refractivity contribution in [2.75, 3.05) is 0 Å². The van der Waals surface area contributed by atoms with Crippen LogP contribution in [-0.4, -0.2) is 4.92 Å². The van der Waals surface area contributed by atoms with Crippen molar-refractivity contribution in [2.45, 2.75) is 13.5 Å². The van der Waals surface area contributed by atoms with E-state index in [0.29, 0.717) is 11.5 Å². The molecule has 2 aromatic rings. The molecule has 0 aliphatic carbocycles. The minimum absolute atomic E-state index is 0.0277. The minimum atomic E-state index is -0.473. The van der Waals surface area contributed by atoms with Crippen LogP contribution >= 0.6 is 0 Å². The van der Waals surface area contributed by atoms with Gasteiger partial charge in [-0.2, -0.15) is 0 Å². The Morgan fingerprint density at radius 2 is 1.95 bits per heavy atom. The maximum atomic E-state index is 11.1. The van der Waals surface area contributed by atoms with Crippen molar-refractivity contribution in [1.82, 2.24) is 0 Å². The molecule has 1 aromatic heterocycles. The third kappa shape index (κ3) is 3.41. The molecule has 98 valence electrons. The number of hydrogen-bond donors (Lipinski definition) is 0. The van der Waals surface area contributed by atoms with Gasteiger partial charge in [-0.3, -0.25) is 10.1 Å². The zero-order chi connectivity index (χ0) is 13.8. The molecule has 0 saturated heterocycles. The first-order chi connectivity index (χ1) is 9.04. The molecule has 0 aliphatic rings. The Balaban J connectivity index is 2.06. The topological polar surface area (TPSA) is 82.6 Å². The number of nitro groups is 1. The maximum absolute atomic E-state index is 11.1. The summed E-state index contributed by atoms with van der Waals surface area (Å²) in [4.78, 5) is 21.2. The summed E-state index contributed by atoms with van der Waals surface area (Å²) in [5, 5.41) is 10.5. The second kappa shape index (κ2) is 5.34. The lowest BCUT2D eigenvalue weighted by Crippen LogP contribution is -2.02. The van der Waals surface area contributed by atoms with Crippen molar-refractivity contribution in [1.29, 1.82) is 0 Å². The fourth-order valence-electron chi connectivity index (χ4n) is 1.54. The predicted octanol–water partition coefficient (Wildman–Crippen LogP) is 2.44. The molecule has 6 heteroatoms. The summed E-state index contributed by atoms with van der Waals surface area (Å²) >= 11 is 0. The van der Waals surface area contributed by atoms with E-state index in [4.69, 9.17) is 9.15 Å².